The minimum Gasteiger partial charge on any atom is -0.291 e. The van der Waals surface area contributed by atoms with Crippen LogP contribution in [0.4, 0.5) is 8.78 Å². The van der Waals surface area contributed by atoms with Crippen LogP contribution in [0.2, 0.25) is 0 Å². The molecule has 0 aromatic heterocycles. The second-order valence-electron chi connectivity index (χ2n) is 2.38. The van der Waals surface area contributed by atoms with Crippen molar-refractivity contribution in [3.8, 4) is 0 Å². The molecule has 0 spiro atoms. The van der Waals surface area contributed by atoms with Crippen molar-refractivity contribution in [1.29, 1.82) is 0 Å². The van der Waals surface area contributed by atoms with Crippen molar-refractivity contribution in [1.82, 2.24) is 0 Å². The van der Waals surface area contributed by atoms with E-state index in [1.165, 1.54) is 0 Å². The van der Waals surface area contributed by atoms with Crippen LogP contribution >= 0.6 is 0 Å². The lowest BCUT2D eigenvalue weighted by Crippen LogP contribution is -1.92. The molecule has 12 heavy (non-hydrogen) atoms. The van der Waals surface area contributed by atoms with Gasteiger partial charge in [0.15, 0.2) is 6.29 Å². The Balaban J connectivity index is 2.82. The molecule has 0 unspecified atom stereocenters. The molecule has 0 atom stereocenters. The van der Waals surface area contributed by atoms with Gasteiger partial charge in [0.25, 0.3) is 0 Å². The van der Waals surface area contributed by atoms with Crippen molar-refractivity contribution in [2.75, 3.05) is 0 Å². The van der Waals surface area contributed by atoms with E-state index in [-0.39, 0.29) is 18.4 Å². The first-order valence-corrected chi connectivity index (χ1v) is 3.53. The molecule has 0 saturated heterocycles. The summed E-state index contributed by atoms with van der Waals surface area (Å²) < 4.78 is 25.3. The molecule has 1 aromatic carbocycles. The molecule has 1 nitrogen and oxygen atoms in total. The molecule has 0 bridgehead atoms. The highest BCUT2D eigenvalue weighted by Crippen LogP contribution is 2.10. The van der Waals surface area contributed by atoms with E-state index < -0.39 is 11.6 Å². The minimum atomic E-state index is -0.489. The fourth-order valence-corrected chi connectivity index (χ4v) is 0.921. The molecule has 0 aliphatic carbocycles. The van der Waals surface area contributed by atoms with Crippen LogP contribution in [0.5, 0.6) is 0 Å². The fraction of sp³-hybridized carbons (Fsp3) is 0.222. The van der Waals surface area contributed by atoms with Crippen LogP contribution in [-0.4, -0.2) is 6.29 Å². The number of rotatable bonds is 3. The summed E-state index contributed by atoms with van der Waals surface area (Å²) in [6.45, 7) is 0. The average molecular weight is 169 g/mol. The second kappa shape index (κ2) is 3.95. The van der Waals surface area contributed by atoms with Gasteiger partial charge < -0.3 is 0 Å². The van der Waals surface area contributed by atoms with Crippen LogP contribution in [0.3, 0.4) is 0 Å². The predicted octanol–water partition coefficient (Wildman–Crippen LogP) is 2.01. The summed E-state index contributed by atoms with van der Waals surface area (Å²) in [5.74, 6) is -0.969. The second-order valence-corrected chi connectivity index (χ2v) is 2.38. The third-order valence-corrected chi connectivity index (χ3v) is 1.50. The van der Waals surface area contributed by atoms with Gasteiger partial charge in [-0.15, -0.1) is 0 Å². The largest absolute Gasteiger partial charge is 0.291 e. The summed E-state index contributed by atoms with van der Waals surface area (Å²) in [4.78, 5) is 9.83. The highest BCUT2D eigenvalue weighted by atomic mass is 19.1. The molecule has 0 fully saturated rings. The van der Waals surface area contributed by atoms with E-state index in [1.807, 2.05) is 0 Å². The van der Waals surface area contributed by atoms with Gasteiger partial charge >= 0.3 is 0 Å². The van der Waals surface area contributed by atoms with Gasteiger partial charge in [0.2, 0.25) is 0 Å². The van der Waals surface area contributed by atoms with Crippen molar-refractivity contribution in [2.24, 2.45) is 0 Å². The first kappa shape index (κ1) is 8.84. The van der Waals surface area contributed by atoms with E-state index in [4.69, 9.17) is 0 Å². The maximum Gasteiger partial charge on any atom is 0.198 e. The van der Waals surface area contributed by atoms with Crippen LogP contribution in [-0.2, 0) is 11.2 Å². The molecule has 1 radical (unpaired) electrons. The predicted molar refractivity (Wildman–Crippen MR) is 40.4 cm³/mol. The maximum absolute atomic E-state index is 12.8. The molecule has 0 N–H and O–H groups in total. The SMILES string of the molecule is O=[C]CCc1cc(F)ccc1F. The summed E-state index contributed by atoms with van der Waals surface area (Å²) in [5.41, 5.74) is 0.221. The van der Waals surface area contributed by atoms with Crippen molar-refractivity contribution in [3.05, 3.63) is 35.4 Å². The topological polar surface area (TPSA) is 17.1 Å². The molecular formula is C9H7F2O. The number of carbonyl (C=O) groups excluding carboxylic acids is 1. The monoisotopic (exact) mass is 169 g/mol. The Morgan fingerprint density at radius 2 is 2.08 bits per heavy atom. The first-order chi connectivity index (χ1) is 5.74. The minimum absolute atomic E-state index is 0.0976. The maximum atomic E-state index is 12.8. The van der Waals surface area contributed by atoms with Crippen molar-refractivity contribution < 1.29 is 13.6 Å². The Hall–Kier alpha value is -1.25. The Morgan fingerprint density at radius 1 is 1.33 bits per heavy atom. The third kappa shape index (κ3) is 2.12. The molecule has 0 amide bonds. The van der Waals surface area contributed by atoms with E-state index in [1.54, 1.807) is 6.29 Å². The fourth-order valence-electron chi connectivity index (χ4n) is 0.921. The molecule has 63 valence electrons. The van der Waals surface area contributed by atoms with Crippen LogP contribution in [0, 0.1) is 11.6 Å². The van der Waals surface area contributed by atoms with Gasteiger partial charge in [0.1, 0.15) is 11.6 Å². The zero-order chi connectivity index (χ0) is 8.97. The van der Waals surface area contributed by atoms with E-state index in [0.29, 0.717) is 0 Å². The molecule has 3 heteroatoms. The van der Waals surface area contributed by atoms with Gasteiger partial charge in [-0.3, -0.25) is 4.79 Å². The molecular weight excluding hydrogens is 162 g/mol. The van der Waals surface area contributed by atoms with E-state index in [0.717, 1.165) is 18.2 Å². The number of hydrogen-bond acceptors (Lipinski definition) is 1. The summed E-state index contributed by atoms with van der Waals surface area (Å²) in [6.07, 6.45) is 1.92. The summed E-state index contributed by atoms with van der Waals surface area (Å²) in [6, 6.07) is 3.19. The van der Waals surface area contributed by atoms with Gasteiger partial charge in [-0.25, -0.2) is 8.78 Å². The molecule has 0 aliphatic rings. The summed E-state index contributed by atoms with van der Waals surface area (Å²) in [5, 5.41) is 0. The normalized spacial score (nSPS) is 9.83. The quantitative estimate of drug-likeness (QED) is 0.676. The van der Waals surface area contributed by atoms with Crippen LogP contribution in [0.15, 0.2) is 18.2 Å². The van der Waals surface area contributed by atoms with Crippen molar-refractivity contribution in [3.63, 3.8) is 0 Å². The highest BCUT2D eigenvalue weighted by molar-refractivity contribution is 5.51. The van der Waals surface area contributed by atoms with Gasteiger partial charge in [-0.1, -0.05) is 0 Å². The van der Waals surface area contributed by atoms with Gasteiger partial charge in [0, 0.05) is 6.42 Å². The lowest BCUT2D eigenvalue weighted by atomic mass is 10.1. The van der Waals surface area contributed by atoms with E-state index in [2.05, 4.69) is 0 Å². The molecule has 1 aromatic rings. The van der Waals surface area contributed by atoms with Crippen LogP contribution < -0.4 is 0 Å². The lowest BCUT2D eigenvalue weighted by molar-refractivity contribution is 0.548. The third-order valence-electron chi connectivity index (χ3n) is 1.50. The zero-order valence-corrected chi connectivity index (χ0v) is 6.31. The Bertz CT molecular complexity index is 284. The standard InChI is InChI=1S/C9H7F2O/c10-8-3-4-9(11)7(6-8)2-1-5-12/h3-4,6H,1-2H2. The molecule has 0 heterocycles. The molecule has 1 rings (SSSR count). The highest BCUT2D eigenvalue weighted by Gasteiger charge is 2.02. The van der Waals surface area contributed by atoms with Gasteiger partial charge in [-0.05, 0) is 30.2 Å². The Kier molecular flexibility index (Phi) is 2.91. The number of benzene rings is 1. The summed E-state index contributed by atoms with van der Waals surface area (Å²) in [7, 11) is 0. The van der Waals surface area contributed by atoms with Crippen molar-refractivity contribution >= 4 is 6.29 Å². The molecule has 0 saturated carbocycles. The number of halogens is 2. The lowest BCUT2D eigenvalue weighted by Gasteiger charge is -1.98. The summed E-state index contributed by atoms with van der Waals surface area (Å²) >= 11 is 0. The van der Waals surface area contributed by atoms with Crippen LogP contribution in [0.25, 0.3) is 0 Å². The Labute approximate surface area is 69.0 Å². The average Bonchev–Trinajstić information content (AvgIpc) is 2.07. The molecule has 0 aliphatic heterocycles. The van der Waals surface area contributed by atoms with Gasteiger partial charge in [-0.2, -0.15) is 0 Å². The number of aryl methyl sites for hydroxylation is 1. The van der Waals surface area contributed by atoms with Gasteiger partial charge in [0.05, 0.1) is 0 Å². The van der Waals surface area contributed by atoms with E-state index >= 15 is 0 Å². The number of hydrogen-bond donors (Lipinski definition) is 0. The zero-order valence-electron chi connectivity index (χ0n) is 6.31. The van der Waals surface area contributed by atoms with E-state index in [9.17, 15) is 13.6 Å². The van der Waals surface area contributed by atoms with Crippen LogP contribution in [0.1, 0.15) is 12.0 Å². The first-order valence-electron chi connectivity index (χ1n) is 3.53. The Morgan fingerprint density at radius 3 is 2.75 bits per heavy atom. The smallest absolute Gasteiger partial charge is 0.198 e. The van der Waals surface area contributed by atoms with Crippen molar-refractivity contribution in [2.45, 2.75) is 12.8 Å².